The zero-order valence-electron chi connectivity index (χ0n) is 15.3. The van der Waals surface area contributed by atoms with Crippen molar-refractivity contribution in [3.63, 3.8) is 0 Å². The van der Waals surface area contributed by atoms with Crippen LogP contribution in [0.5, 0.6) is 5.75 Å². The number of thiazole rings is 1. The van der Waals surface area contributed by atoms with Crippen LogP contribution in [0.4, 0.5) is 18.3 Å². The Kier molecular flexibility index (Phi) is 5.05. The van der Waals surface area contributed by atoms with E-state index in [-0.39, 0.29) is 12.3 Å². The molecule has 2 heterocycles. The number of nitrogens with zero attached hydrogens (tertiary/aromatic N) is 4. The Morgan fingerprint density at radius 1 is 1.17 bits per heavy atom. The Balaban J connectivity index is 1.80. The Bertz CT molecular complexity index is 1260. The minimum atomic E-state index is -4.80. The Morgan fingerprint density at radius 2 is 1.97 bits per heavy atom. The van der Waals surface area contributed by atoms with E-state index in [1.54, 1.807) is 40.3 Å². The Morgan fingerprint density at radius 3 is 2.67 bits per heavy atom. The molecule has 2 N–H and O–H groups in total. The minimum Gasteiger partial charge on any atom is -0.405 e. The molecule has 0 aliphatic carbocycles. The molecule has 30 heavy (non-hydrogen) atoms. The number of nitriles is 1. The highest BCUT2D eigenvalue weighted by molar-refractivity contribution is 7.13. The number of halogens is 3. The van der Waals surface area contributed by atoms with Crippen LogP contribution in [-0.4, -0.2) is 20.9 Å². The second-order valence-electron chi connectivity index (χ2n) is 6.44. The molecular weight excluding hydrogens is 415 g/mol. The largest absolute Gasteiger partial charge is 0.573 e. The highest BCUT2D eigenvalue weighted by Crippen LogP contribution is 2.29. The normalized spacial score (nSPS) is 11.5. The third kappa shape index (κ3) is 4.21. The van der Waals surface area contributed by atoms with Gasteiger partial charge in [-0.05, 0) is 24.3 Å². The molecule has 0 fully saturated rings. The van der Waals surface area contributed by atoms with Gasteiger partial charge in [0, 0.05) is 17.4 Å². The molecule has 2 aromatic carbocycles. The molecule has 0 bridgehead atoms. The number of fused-ring (bicyclic) bond motifs is 1. The van der Waals surface area contributed by atoms with Gasteiger partial charge in [0.1, 0.15) is 11.6 Å². The number of ether oxygens (including phenoxy) is 1. The van der Waals surface area contributed by atoms with Crippen molar-refractivity contribution in [3.05, 3.63) is 70.5 Å². The van der Waals surface area contributed by atoms with Crippen molar-refractivity contribution < 1.29 is 17.9 Å². The number of nitrogen functional groups attached to an aromatic ring is 1. The Hall–Kier alpha value is -3.58. The van der Waals surface area contributed by atoms with Crippen LogP contribution in [-0.2, 0) is 13.0 Å². The molecule has 4 aromatic rings. The maximum absolute atomic E-state index is 12.8. The predicted molar refractivity (Wildman–Crippen MR) is 106 cm³/mol. The van der Waals surface area contributed by atoms with E-state index >= 15 is 0 Å². The monoisotopic (exact) mass is 429 g/mol. The van der Waals surface area contributed by atoms with Crippen molar-refractivity contribution >= 4 is 27.5 Å². The Labute approximate surface area is 173 Å². The van der Waals surface area contributed by atoms with Crippen LogP contribution in [0.15, 0.2) is 47.8 Å². The molecule has 2 aromatic heterocycles. The van der Waals surface area contributed by atoms with E-state index in [2.05, 4.69) is 20.8 Å². The van der Waals surface area contributed by atoms with Gasteiger partial charge < -0.3 is 15.0 Å². The van der Waals surface area contributed by atoms with Gasteiger partial charge in [0.2, 0.25) is 0 Å². The fraction of sp³-hybridized carbons (Fsp3) is 0.150. The number of imidazole rings is 1. The van der Waals surface area contributed by atoms with Gasteiger partial charge >= 0.3 is 6.36 Å². The van der Waals surface area contributed by atoms with E-state index in [1.807, 2.05) is 0 Å². The number of nitrogens with two attached hydrogens (primary N) is 1. The minimum absolute atomic E-state index is 0.0760. The van der Waals surface area contributed by atoms with Gasteiger partial charge in [-0.15, -0.1) is 24.5 Å². The van der Waals surface area contributed by atoms with Crippen molar-refractivity contribution in [1.29, 1.82) is 5.26 Å². The SMILES string of the molecule is N#Cc1ccc2nc(Cc3csc(N)n3)n(Cc3ccccc3OC(F)(F)F)c2c1. The first-order chi connectivity index (χ1) is 14.3. The fourth-order valence-electron chi connectivity index (χ4n) is 3.15. The van der Waals surface area contributed by atoms with Crippen LogP contribution in [0.25, 0.3) is 11.0 Å². The summed E-state index contributed by atoms with van der Waals surface area (Å²) in [5.41, 5.74) is 8.42. The number of hydrogen-bond acceptors (Lipinski definition) is 6. The molecule has 0 aliphatic heterocycles. The standard InChI is InChI=1S/C20H14F3N5OS/c21-20(22,23)29-17-4-2-1-3-13(17)10-28-16-7-12(9-24)5-6-15(16)27-18(28)8-14-11-30-19(25)26-14/h1-7,11H,8,10H2,(H2,25,26). The van der Waals surface area contributed by atoms with Crippen molar-refractivity contribution in [2.45, 2.75) is 19.3 Å². The molecule has 0 saturated heterocycles. The van der Waals surface area contributed by atoms with Gasteiger partial charge in [-0.25, -0.2) is 9.97 Å². The van der Waals surface area contributed by atoms with Gasteiger partial charge in [-0.1, -0.05) is 18.2 Å². The average molecular weight is 429 g/mol. The molecular formula is C20H14F3N5OS. The van der Waals surface area contributed by atoms with E-state index in [0.717, 1.165) is 0 Å². The molecule has 0 spiro atoms. The number of alkyl halides is 3. The molecule has 0 amide bonds. The summed E-state index contributed by atoms with van der Waals surface area (Å²) in [5, 5.41) is 11.5. The molecule has 152 valence electrons. The first kappa shape index (κ1) is 19.7. The van der Waals surface area contributed by atoms with Gasteiger partial charge in [0.05, 0.1) is 34.9 Å². The summed E-state index contributed by atoms with van der Waals surface area (Å²) in [5.74, 6) is 0.305. The summed E-state index contributed by atoms with van der Waals surface area (Å²) in [7, 11) is 0. The van der Waals surface area contributed by atoms with E-state index in [9.17, 15) is 18.4 Å². The molecule has 0 unspecified atom stereocenters. The second-order valence-corrected chi connectivity index (χ2v) is 7.33. The summed E-state index contributed by atoms with van der Waals surface area (Å²) in [6.07, 6.45) is -4.46. The number of anilines is 1. The van der Waals surface area contributed by atoms with E-state index < -0.39 is 6.36 Å². The van der Waals surface area contributed by atoms with Gasteiger partial charge in [0.25, 0.3) is 0 Å². The molecule has 4 rings (SSSR count). The first-order valence-corrected chi connectivity index (χ1v) is 9.63. The van der Waals surface area contributed by atoms with E-state index in [1.165, 1.54) is 23.5 Å². The molecule has 0 saturated carbocycles. The zero-order valence-corrected chi connectivity index (χ0v) is 16.2. The van der Waals surface area contributed by atoms with Crippen molar-refractivity contribution in [2.75, 3.05) is 5.73 Å². The van der Waals surface area contributed by atoms with Crippen LogP contribution in [0.1, 0.15) is 22.6 Å². The summed E-state index contributed by atoms with van der Waals surface area (Å²) < 4.78 is 44.4. The van der Waals surface area contributed by atoms with Crippen molar-refractivity contribution in [3.8, 4) is 11.8 Å². The number of para-hydroxylation sites is 1. The topological polar surface area (TPSA) is 89.8 Å². The van der Waals surface area contributed by atoms with Crippen LogP contribution < -0.4 is 10.5 Å². The summed E-state index contributed by atoms with van der Waals surface area (Å²) in [6.45, 7) is 0.0760. The van der Waals surface area contributed by atoms with Crippen LogP contribution >= 0.6 is 11.3 Å². The van der Waals surface area contributed by atoms with Crippen LogP contribution in [0.3, 0.4) is 0 Å². The van der Waals surface area contributed by atoms with Gasteiger partial charge in [0.15, 0.2) is 5.13 Å². The number of aromatic nitrogens is 3. The molecule has 0 aliphatic rings. The predicted octanol–water partition coefficient (Wildman–Crippen LogP) is 4.48. The lowest BCUT2D eigenvalue weighted by Crippen LogP contribution is -2.18. The third-order valence-electron chi connectivity index (χ3n) is 4.39. The summed E-state index contributed by atoms with van der Waals surface area (Å²) >= 11 is 1.30. The lowest BCUT2D eigenvalue weighted by molar-refractivity contribution is -0.274. The first-order valence-electron chi connectivity index (χ1n) is 8.75. The summed E-state index contributed by atoms with van der Waals surface area (Å²) in [4.78, 5) is 8.85. The number of hydrogen-bond donors (Lipinski definition) is 1. The van der Waals surface area contributed by atoms with Gasteiger partial charge in [-0.3, -0.25) is 0 Å². The maximum Gasteiger partial charge on any atom is 0.573 e. The van der Waals surface area contributed by atoms with Crippen molar-refractivity contribution in [2.24, 2.45) is 0 Å². The molecule has 10 heteroatoms. The number of rotatable bonds is 5. The smallest absolute Gasteiger partial charge is 0.405 e. The second kappa shape index (κ2) is 7.68. The summed E-state index contributed by atoms with van der Waals surface area (Å²) in [6, 6.07) is 13.0. The highest BCUT2D eigenvalue weighted by atomic mass is 32.1. The highest BCUT2D eigenvalue weighted by Gasteiger charge is 2.32. The molecule has 0 atom stereocenters. The lowest BCUT2D eigenvalue weighted by Gasteiger charge is -2.15. The van der Waals surface area contributed by atoms with E-state index in [4.69, 9.17) is 5.73 Å². The van der Waals surface area contributed by atoms with Crippen LogP contribution in [0, 0.1) is 11.3 Å². The van der Waals surface area contributed by atoms with E-state index in [0.29, 0.717) is 45.2 Å². The third-order valence-corrected chi connectivity index (χ3v) is 5.11. The maximum atomic E-state index is 12.8. The van der Waals surface area contributed by atoms with Gasteiger partial charge in [-0.2, -0.15) is 5.26 Å². The van der Waals surface area contributed by atoms with Crippen LogP contribution in [0.2, 0.25) is 0 Å². The average Bonchev–Trinajstić information content (AvgIpc) is 3.25. The zero-order chi connectivity index (χ0) is 21.3. The molecule has 6 nitrogen and oxygen atoms in total. The van der Waals surface area contributed by atoms with Crippen molar-refractivity contribution in [1.82, 2.24) is 14.5 Å². The lowest BCUT2D eigenvalue weighted by atomic mass is 10.1. The quantitative estimate of drug-likeness (QED) is 0.505. The fourth-order valence-corrected chi connectivity index (χ4v) is 3.71. The number of benzene rings is 2. The molecule has 0 radical (unpaired) electrons.